The van der Waals surface area contributed by atoms with E-state index < -0.39 is 0 Å². The van der Waals surface area contributed by atoms with Gasteiger partial charge in [-0.15, -0.1) is 0 Å². The molecule has 0 heterocycles. The molecule has 0 spiro atoms. The number of nitrogens with zero attached hydrogens (tertiary/aromatic N) is 1. The number of hydrogen-bond acceptors (Lipinski definition) is 2. The van der Waals surface area contributed by atoms with Crippen molar-refractivity contribution in [1.82, 2.24) is 0 Å². The molecule has 1 unspecified atom stereocenters. The van der Waals surface area contributed by atoms with E-state index in [2.05, 4.69) is 144 Å². The standard InChI is InChI=1S/C48H46N2/c1-2-11-34(12-3-1)35-21-27-40(28-22-35)49-41-29-23-36(24-30-41)37-25-31-42(32-26-37)50(47-20-10-15-38-13-4-7-17-44(38)47)48-33-39-14-5-6-16-43(39)45-18-8-9-19-46(45)48/h1-3,5,7,9-11,14-15,17,19-23,25,27-29,31,33-34,49H,4,6,8,12-13,16,18,24,26,30,32H2. The van der Waals surface area contributed by atoms with Crippen molar-refractivity contribution in [2.75, 3.05) is 10.2 Å². The maximum absolute atomic E-state index is 3.69. The van der Waals surface area contributed by atoms with Crippen LogP contribution < -0.4 is 10.2 Å². The van der Waals surface area contributed by atoms with Gasteiger partial charge in [0.1, 0.15) is 0 Å². The molecule has 248 valence electrons. The normalized spacial score (nSPS) is 20.2. The average Bonchev–Trinajstić information content (AvgIpc) is 3.19. The first-order valence-corrected chi connectivity index (χ1v) is 18.9. The number of anilines is 3. The summed E-state index contributed by atoms with van der Waals surface area (Å²) in [4.78, 5) is 2.63. The van der Waals surface area contributed by atoms with Crippen molar-refractivity contribution in [1.29, 1.82) is 0 Å². The minimum absolute atomic E-state index is 0.492. The molecule has 6 aliphatic rings. The van der Waals surface area contributed by atoms with E-state index >= 15 is 0 Å². The molecule has 3 aromatic carbocycles. The van der Waals surface area contributed by atoms with Crippen LogP contribution in [0.25, 0.3) is 18.2 Å². The lowest BCUT2D eigenvalue weighted by Crippen LogP contribution is -2.22. The Morgan fingerprint density at radius 3 is 2.16 bits per heavy atom. The van der Waals surface area contributed by atoms with E-state index in [0.29, 0.717) is 5.92 Å². The van der Waals surface area contributed by atoms with Crippen molar-refractivity contribution < 1.29 is 0 Å². The number of aryl methyl sites for hydroxylation is 1. The van der Waals surface area contributed by atoms with Crippen molar-refractivity contribution in [3.8, 4) is 0 Å². The van der Waals surface area contributed by atoms with Gasteiger partial charge in [0.2, 0.25) is 0 Å². The van der Waals surface area contributed by atoms with E-state index in [4.69, 9.17) is 0 Å². The van der Waals surface area contributed by atoms with Crippen molar-refractivity contribution >= 4 is 35.3 Å². The number of fused-ring (bicyclic) bond motifs is 4. The molecule has 50 heavy (non-hydrogen) atoms. The third kappa shape index (κ3) is 6.02. The quantitative estimate of drug-likeness (QED) is 0.274. The second-order valence-corrected chi connectivity index (χ2v) is 14.5. The molecule has 2 heteroatoms. The summed E-state index contributed by atoms with van der Waals surface area (Å²) < 4.78 is 0. The second-order valence-electron chi connectivity index (χ2n) is 14.5. The molecule has 0 radical (unpaired) electrons. The summed E-state index contributed by atoms with van der Waals surface area (Å²) in [6.45, 7) is 0. The summed E-state index contributed by atoms with van der Waals surface area (Å²) >= 11 is 0. The zero-order valence-corrected chi connectivity index (χ0v) is 29.0. The van der Waals surface area contributed by atoms with Gasteiger partial charge >= 0.3 is 0 Å². The average molecular weight is 651 g/mol. The van der Waals surface area contributed by atoms with Crippen molar-refractivity contribution in [2.45, 2.75) is 76.5 Å². The van der Waals surface area contributed by atoms with E-state index in [1.165, 1.54) is 67.4 Å². The fraction of sp³-hybridized carbons (Fsp3) is 0.250. The topological polar surface area (TPSA) is 15.3 Å². The zero-order chi connectivity index (χ0) is 33.3. The Morgan fingerprint density at radius 2 is 1.38 bits per heavy atom. The Labute approximate surface area is 298 Å². The predicted molar refractivity (Wildman–Crippen MR) is 214 cm³/mol. The Morgan fingerprint density at radius 1 is 0.600 bits per heavy atom. The number of nitrogens with one attached hydrogen (secondary N) is 1. The summed E-state index contributed by atoms with van der Waals surface area (Å²) in [5.41, 5.74) is 19.7. The van der Waals surface area contributed by atoms with Crippen LogP contribution in [-0.4, -0.2) is 0 Å². The van der Waals surface area contributed by atoms with E-state index in [-0.39, 0.29) is 0 Å². The van der Waals surface area contributed by atoms with Crippen LogP contribution in [0, 0.1) is 0 Å². The first-order valence-electron chi connectivity index (χ1n) is 18.9. The summed E-state index contributed by atoms with van der Waals surface area (Å²) in [6.07, 6.45) is 44.7. The molecular weight excluding hydrogens is 605 g/mol. The molecule has 0 saturated carbocycles. The van der Waals surface area contributed by atoms with Crippen molar-refractivity contribution in [2.24, 2.45) is 0 Å². The van der Waals surface area contributed by atoms with Crippen LogP contribution in [0.1, 0.15) is 96.2 Å². The van der Waals surface area contributed by atoms with E-state index in [9.17, 15) is 0 Å². The molecule has 0 amide bonds. The highest BCUT2D eigenvalue weighted by Crippen LogP contribution is 2.45. The molecule has 0 bridgehead atoms. The predicted octanol–water partition coefficient (Wildman–Crippen LogP) is 12.6. The van der Waals surface area contributed by atoms with Crippen LogP contribution in [0.5, 0.6) is 0 Å². The summed E-state index contributed by atoms with van der Waals surface area (Å²) in [7, 11) is 0. The minimum Gasteiger partial charge on any atom is -0.359 e. The summed E-state index contributed by atoms with van der Waals surface area (Å²) in [6, 6.07) is 18.5. The van der Waals surface area contributed by atoms with Crippen LogP contribution in [-0.2, 0) is 19.3 Å². The zero-order valence-electron chi connectivity index (χ0n) is 29.0. The van der Waals surface area contributed by atoms with Gasteiger partial charge in [-0.2, -0.15) is 0 Å². The lowest BCUT2D eigenvalue weighted by Gasteiger charge is -2.36. The maximum atomic E-state index is 3.69. The highest BCUT2D eigenvalue weighted by atomic mass is 15.2. The lowest BCUT2D eigenvalue weighted by atomic mass is 9.83. The molecule has 0 aliphatic heterocycles. The van der Waals surface area contributed by atoms with Gasteiger partial charge in [0.25, 0.3) is 0 Å². The minimum atomic E-state index is 0.492. The molecule has 1 N–H and O–H groups in total. The second kappa shape index (κ2) is 13.7. The molecule has 2 nitrogen and oxygen atoms in total. The van der Waals surface area contributed by atoms with Gasteiger partial charge < -0.3 is 10.2 Å². The highest BCUT2D eigenvalue weighted by Gasteiger charge is 2.27. The number of rotatable bonds is 7. The smallest absolute Gasteiger partial charge is 0.0539 e. The molecule has 6 aliphatic carbocycles. The van der Waals surface area contributed by atoms with Crippen LogP contribution in [0.4, 0.5) is 17.1 Å². The van der Waals surface area contributed by atoms with Gasteiger partial charge in [0.15, 0.2) is 0 Å². The first kappa shape index (κ1) is 30.9. The Hall–Kier alpha value is -5.08. The molecule has 1 atom stereocenters. The third-order valence-corrected chi connectivity index (χ3v) is 11.4. The molecular formula is C48H46N2. The van der Waals surface area contributed by atoms with E-state index in [1.807, 2.05) is 0 Å². The fourth-order valence-corrected chi connectivity index (χ4v) is 8.77. The van der Waals surface area contributed by atoms with Crippen LogP contribution in [0.3, 0.4) is 0 Å². The Balaban J connectivity index is 1.02. The Bertz CT molecular complexity index is 2100. The largest absolute Gasteiger partial charge is 0.359 e. The number of benzene rings is 3. The first-order chi connectivity index (χ1) is 24.8. The van der Waals surface area contributed by atoms with E-state index in [0.717, 1.165) is 70.6 Å². The molecule has 0 fully saturated rings. The highest BCUT2D eigenvalue weighted by molar-refractivity contribution is 5.87. The van der Waals surface area contributed by atoms with Crippen LogP contribution in [0.15, 0.2) is 138 Å². The summed E-state index contributed by atoms with van der Waals surface area (Å²) in [5.74, 6) is 0.492. The molecule has 3 aromatic rings. The van der Waals surface area contributed by atoms with Gasteiger partial charge in [-0.05, 0) is 146 Å². The van der Waals surface area contributed by atoms with Crippen LogP contribution in [0.2, 0.25) is 0 Å². The SMILES string of the molecule is C1=CCC(c2ccc(NC3=CC=C(C4=CC=C(N(c5cccc6c5C=CCC6)c5cc6c(c7c5C=CCC7)CCC=C6)CC4)CC3)cc2)C=C1. The molecule has 0 saturated heterocycles. The third-order valence-electron chi connectivity index (χ3n) is 11.4. The lowest BCUT2D eigenvalue weighted by molar-refractivity contribution is 0.836. The van der Waals surface area contributed by atoms with Crippen molar-refractivity contribution in [3.63, 3.8) is 0 Å². The van der Waals surface area contributed by atoms with Gasteiger partial charge in [0.05, 0.1) is 11.4 Å². The summed E-state index contributed by atoms with van der Waals surface area (Å²) in [5, 5.41) is 3.69. The van der Waals surface area contributed by atoms with Gasteiger partial charge in [0, 0.05) is 34.1 Å². The number of allylic oxidation sites excluding steroid dienone is 15. The fourth-order valence-electron chi connectivity index (χ4n) is 8.77. The monoisotopic (exact) mass is 650 g/mol. The maximum Gasteiger partial charge on any atom is 0.0539 e. The van der Waals surface area contributed by atoms with E-state index in [1.54, 1.807) is 11.1 Å². The molecule has 9 rings (SSSR count). The van der Waals surface area contributed by atoms with Gasteiger partial charge in [-0.1, -0.05) is 97.2 Å². The Kier molecular flexibility index (Phi) is 8.46. The molecule has 0 aromatic heterocycles. The van der Waals surface area contributed by atoms with Crippen molar-refractivity contribution in [3.05, 3.63) is 177 Å². The van der Waals surface area contributed by atoms with Crippen LogP contribution >= 0.6 is 0 Å². The number of hydrogen-bond donors (Lipinski definition) is 1. The van der Waals surface area contributed by atoms with Gasteiger partial charge in [-0.3, -0.25) is 0 Å². The van der Waals surface area contributed by atoms with Gasteiger partial charge in [-0.25, -0.2) is 0 Å².